The van der Waals surface area contributed by atoms with Crippen molar-refractivity contribution in [3.8, 4) is 0 Å². The summed E-state index contributed by atoms with van der Waals surface area (Å²) in [5, 5.41) is 0. The number of rotatable bonds is 1. The van der Waals surface area contributed by atoms with E-state index in [4.69, 9.17) is 0 Å². The van der Waals surface area contributed by atoms with E-state index in [2.05, 4.69) is 20.8 Å². The molecule has 0 aliphatic heterocycles. The van der Waals surface area contributed by atoms with E-state index in [0.29, 0.717) is 0 Å². The van der Waals surface area contributed by atoms with Crippen molar-refractivity contribution in [2.24, 2.45) is 23.2 Å². The Labute approximate surface area is 76.7 Å². The Hall–Kier alpha value is 0. The average Bonchev–Trinajstić information content (AvgIpc) is 2.41. The Kier molecular flexibility index (Phi) is 1.97. The van der Waals surface area contributed by atoms with Gasteiger partial charge in [0.2, 0.25) is 0 Å². The van der Waals surface area contributed by atoms with Crippen molar-refractivity contribution in [2.75, 3.05) is 0 Å². The first-order valence-corrected chi connectivity index (χ1v) is 5.62. The van der Waals surface area contributed by atoms with Crippen LogP contribution in [0, 0.1) is 23.2 Å². The molecule has 12 heavy (non-hydrogen) atoms. The summed E-state index contributed by atoms with van der Waals surface area (Å²) in [6, 6.07) is 0. The van der Waals surface area contributed by atoms with Gasteiger partial charge in [0.25, 0.3) is 0 Å². The van der Waals surface area contributed by atoms with Crippen LogP contribution in [0.1, 0.15) is 52.9 Å². The monoisotopic (exact) mass is 166 g/mol. The van der Waals surface area contributed by atoms with Crippen LogP contribution in [0.25, 0.3) is 0 Å². The second kappa shape index (κ2) is 2.75. The third-order valence-electron chi connectivity index (χ3n) is 4.54. The number of hydrogen-bond donors (Lipinski definition) is 0. The lowest BCUT2D eigenvalue weighted by Gasteiger charge is -2.23. The van der Waals surface area contributed by atoms with Gasteiger partial charge in [-0.15, -0.1) is 0 Å². The smallest absolute Gasteiger partial charge is 0.0295 e. The quantitative estimate of drug-likeness (QED) is 0.555. The van der Waals surface area contributed by atoms with E-state index in [0.717, 1.165) is 23.2 Å². The highest BCUT2D eigenvalue weighted by atomic mass is 14.5. The van der Waals surface area contributed by atoms with Crippen LogP contribution in [-0.4, -0.2) is 0 Å². The molecule has 2 fully saturated rings. The molecule has 0 heteroatoms. The molecular formula is C12H22. The molecule has 2 saturated carbocycles. The van der Waals surface area contributed by atoms with Crippen molar-refractivity contribution in [1.29, 1.82) is 0 Å². The first kappa shape index (κ1) is 8.59. The third-order valence-corrected chi connectivity index (χ3v) is 4.54. The second-order valence-corrected chi connectivity index (χ2v) is 5.69. The molecule has 0 saturated heterocycles. The molecule has 0 radical (unpaired) electrons. The molecule has 0 aromatic rings. The first-order valence-electron chi connectivity index (χ1n) is 5.62. The van der Waals surface area contributed by atoms with Crippen LogP contribution in [0.5, 0.6) is 0 Å². The Balaban J connectivity index is 2.06. The van der Waals surface area contributed by atoms with Gasteiger partial charge in [0, 0.05) is 0 Å². The molecule has 0 nitrogen and oxygen atoms in total. The lowest BCUT2D eigenvalue weighted by Crippen LogP contribution is -2.14. The van der Waals surface area contributed by atoms with E-state index in [1.54, 1.807) is 0 Å². The van der Waals surface area contributed by atoms with Crippen LogP contribution >= 0.6 is 0 Å². The minimum Gasteiger partial charge on any atom is -0.0625 e. The minimum atomic E-state index is 0.759. The highest BCUT2D eigenvalue weighted by molar-refractivity contribution is 4.97. The molecule has 0 N–H and O–H groups in total. The maximum absolute atomic E-state index is 2.53. The van der Waals surface area contributed by atoms with Gasteiger partial charge in [-0.1, -0.05) is 27.2 Å². The predicted octanol–water partition coefficient (Wildman–Crippen LogP) is 3.86. The van der Waals surface area contributed by atoms with Gasteiger partial charge in [0.1, 0.15) is 0 Å². The van der Waals surface area contributed by atoms with Crippen LogP contribution in [0.2, 0.25) is 0 Å². The van der Waals surface area contributed by atoms with Crippen LogP contribution in [-0.2, 0) is 0 Å². The van der Waals surface area contributed by atoms with E-state index < -0.39 is 0 Å². The van der Waals surface area contributed by atoms with Crippen LogP contribution in [0.4, 0.5) is 0 Å². The van der Waals surface area contributed by atoms with E-state index in [-0.39, 0.29) is 0 Å². The van der Waals surface area contributed by atoms with E-state index in [9.17, 15) is 0 Å². The summed E-state index contributed by atoms with van der Waals surface area (Å²) in [6.45, 7) is 7.33. The van der Waals surface area contributed by atoms with Crippen molar-refractivity contribution >= 4 is 0 Å². The first-order chi connectivity index (χ1) is 5.62. The zero-order valence-electron chi connectivity index (χ0n) is 8.77. The van der Waals surface area contributed by atoms with Crippen LogP contribution in [0.15, 0.2) is 0 Å². The molecular weight excluding hydrogens is 144 g/mol. The highest BCUT2D eigenvalue weighted by Gasteiger charge is 2.46. The van der Waals surface area contributed by atoms with Gasteiger partial charge >= 0.3 is 0 Å². The molecule has 0 aromatic carbocycles. The zero-order chi connectivity index (χ0) is 8.77. The number of fused-ring (bicyclic) bond motifs is 1. The highest BCUT2D eigenvalue weighted by Crippen LogP contribution is 2.57. The topological polar surface area (TPSA) is 0 Å². The average molecular weight is 166 g/mol. The SMILES string of the molecule is CC(C)C1CC2CCCC2(C)C1. The molecule has 0 bridgehead atoms. The fourth-order valence-electron chi connectivity index (χ4n) is 3.53. The molecule has 3 atom stereocenters. The summed E-state index contributed by atoms with van der Waals surface area (Å²) >= 11 is 0. The molecule has 0 heterocycles. The summed E-state index contributed by atoms with van der Waals surface area (Å²) in [4.78, 5) is 0. The van der Waals surface area contributed by atoms with Crippen molar-refractivity contribution in [2.45, 2.75) is 52.9 Å². The number of hydrogen-bond acceptors (Lipinski definition) is 0. The van der Waals surface area contributed by atoms with E-state index >= 15 is 0 Å². The summed E-state index contributed by atoms with van der Waals surface area (Å²) < 4.78 is 0. The Bertz CT molecular complexity index is 171. The van der Waals surface area contributed by atoms with Crippen molar-refractivity contribution in [1.82, 2.24) is 0 Å². The fourth-order valence-corrected chi connectivity index (χ4v) is 3.53. The normalized spacial score (nSPS) is 47.0. The summed E-state index contributed by atoms with van der Waals surface area (Å²) in [6.07, 6.45) is 7.61. The molecule has 70 valence electrons. The van der Waals surface area contributed by atoms with Gasteiger partial charge in [-0.25, -0.2) is 0 Å². The van der Waals surface area contributed by atoms with Crippen molar-refractivity contribution in [3.63, 3.8) is 0 Å². The van der Waals surface area contributed by atoms with Gasteiger partial charge in [-0.3, -0.25) is 0 Å². The van der Waals surface area contributed by atoms with E-state index in [1.165, 1.54) is 32.1 Å². The molecule has 2 aliphatic carbocycles. The second-order valence-electron chi connectivity index (χ2n) is 5.69. The van der Waals surface area contributed by atoms with Crippen molar-refractivity contribution < 1.29 is 0 Å². The van der Waals surface area contributed by atoms with Crippen molar-refractivity contribution in [3.05, 3.63) is 0 Å². The molecule has 2 rings (SSSR count). The Morgan fingerprint density at radius 2 is 2.08 bits per heavy atom. The molecule has 0 spiro atoms. The lowest BCUT2D eigenvalue weighted by atomic mass is 9.82. The fraction of sp³-hybridized carbons (Fsp3) is 1.00. The maximum Gasteiger partial charge on any atom is -0.0295 e. The summed E-state index contributed by atoms with van der Waals surface area (Å²) in [5.41, 5.74) is 0.759. The minimum absolute atomic E-state index is 0.759. The third kappa shape index (κ3) is 1.20. The van der Waals surface area contributed by atoms with Crippen LogP contribution in [0.3, 0.4) is 0 Å². The van der Waals surface area contributed by atoms with Gasteiger partial charge in [-0.2, -0.15) is 0 Å². The predicted molar refractivity (Wildman–Crippen MR) is 53.0 cm³/mol. The summed E-state index contributed by atoms with van der Waals surface area (Å²) in [7, 11) is 0. The summed E-state index contributed by atoms with van der Waals surface area (Å²) in [5.74, 6) is 3.05. The Morgan fingerprint density at radius 3 is 2.67 bits per heavy atom. The van der Waals surface area contributed by atoms with Gasteiger partial charge in [0.05, 0.1) is 0 Å². The molecule has 0 amide bonds. The molecule has 3 unspecified atom stereocenters. The van der Waals surface area contributed by atoms with Gasteiger partial charge in [-0.05, 0) is 48.9 Å². The molecule has 2 aliphatic rings. The van der Waals surface area contributed by atoms with E-state index in [1.807, 2.05) is 0 Å². The molecule has 0 aromatic heterocycles. The lowest BCUT2D eigenvalue weighted by molar-refractivity contribution is 0.265. The van der Waals surface area contributed by atoms with Crippen LogP contribution < -0.4 is 0 Å². The van der Waals surface area contributed by atoms with Gasteiger partial charge < -0.3 is 0 Å². The zero-order valence-corrected chi connectivity index (χ0v) is 8.77. The maximum atomic E-state index is 2.53. The largest absolute Gasteiger partial charge is 0.0625 e. The standard InChI is InChI=1S/C12H22/c1-9(2)10-7-11-5-4-6-12(11,3)8-10/h9-11H,4-8H2,1-3H3. The van der Waals surface area contributed by atoms with Gasteiger partial charge in [0.15, 0.2) is 0 Å². The Morgan fingerprint density at radius 1 is 1.33 bits per heavy atom.